The van der Waals surface area contributed by atoms with E-state index in [1.54, 1.807) is 7.11 Å². The van der Waals surface area contributed by atoms with Crippen molar-refractivity contribution in [1.29, 1.82) is 0 Å². The van der Waals surface area contributed by atoms with E-state index >= 15 is 0 Å². The minimum Gasteiger partial charge on any atom is -0.387 e. The van der Waals surface area contributed by atoms with Crippen LogP contribution < -0.4 is 5.73 Å². The Bertz CT molecular complexity index is 210. The fourth-order valence-electron chi connectivity index (χ4n) is 3.43. The van der Waals surface area contributed by atoms with E-state index in [-0.39, 0.29) is 0 Å². The fourth-order valence-corrected chi connectivity index (χ4v) is 3.43. The van der Waals surface area contributed by atoms with Crippen LogP contribution in [0.2, 0.25) is 0 Å². The quantitative estimate of drug-likeness (QED) is 0.721. The van der Waals surface area contributed by atoms with Crippen LogP contribution in [0.3, 0.4) is 0 Å². The lowest BCUT2D eigenvalue weighted by Gasteiger charge is -2.43. The average molecular weight is 243 g/mol. The lowest BCUT2D eigenvalue weighted by atomic mass is 9.68. The summed E-state index contributed by atoms with van der Waals surface area (Å²) in [4.78, 5) is 0. The summed E-state index contributed by atoms with van der Waals surface area (Å²) in [6.45, 7) is 3.34. The maximum absolute atomic E-state index is 10.9. The number of nitrogens with two attached hydrogens (primary N) is 1. The van der Waals surface area contributed by atoms with Crippen LogP contribution in [0.15, 0.2) is 0 Å². The lowest BCUT2D eigenvalue weighted by Crippen LogP contribution is -2.47. The monoisotopic (exact) mass is 243 g/mol. The van der Waals surface area contributed by atoms with E-state index < -0.39 is 5.60 Å². The fraction of sp³-hybridized carbons (Fsp3) is 1.00. The first-order valence-electron chi connectivity index (χ1n) is 7.09. The third-order valence-electron chi connectivity index (χ3n) is 4.33. The second kappa shape index (κ2) is 7.34. The Hall–Kier alpha value is -0.120. The van der Waals surface area contributed by atoms with Crippen molar-refractivity contribution in [2.75, 3.05) is 20.3 Å². The molecule has 3 unspecified atom stereocenters. The van der Waals surface area contributed by atoms with E-state index in [1.165, 1.54) is 25.7 Å². The first-order chi connectivity index (χ1) is 8.18. The Morgan fingerprint density at radius 2 is 2.06 bits per heavy atom. The summed E-state index contributed by atoms with van der Waals surface area (Å²) in [6.07, 6.45) is 7.79. The molecule has 0 heterocycles. The molecule has 3 heteroatoms. The van der Waals surface area contributed by atoms with Gasteiger partial charge in [-0.25, -0.2) is 0 Å². The number of hydrogen-bond acceptors (Lipinski definition) is 3. The van der Waals surface area contributed by atoms with Crippen molar-refractivity contribution in [3.63, 3.8) is 0 Å². The van der Waals surface area contributed by atoms with Crippen molar-refractivity contribution < 1.29 is 9.84 Å². The number of aliphatic hydroxyl groups is 1. The van der Waals surface area contributed by atoms with Gasteiger partial charge in [0.25, 0.3) is 0 Å². The Morgan fingerprint density at radius 3 is 2.65 bits per heavy atom. The molecule has 17 heavy (non-hydrogen) atoms. The Labute approximate surface area is 106 Å². The molecule has 1 saturated carbocycles. The van der Waals surface area contributed by atoms with Crippen LogP contribution in [-0.4, -0.2) is 31.0 Å². The standard InChI is InChI=1S/C14H29NO2/c1-3-12-7-4-5-8-13(12)14(16,11-17-2)9-6-10-15/h12-13,16H,3-11,15H2,1-2H3. The molecule has 0 aromatic rings. The zero-order valence-corrected chi connectivity index (χ0v) is 11.5. The van der Waals surface area contributed by atoms with Crippen molar-refractivity contribution in [3.05, 3.63) is 0 Å². The number of rotatable bonds is 7. The van der Waals surface area contributed by atoms with E-state index in [0.717, 1.165) is 19.3 Å². The molecule has 3 N–H and O–H groups in total. The Kier molecular flexibility index (Phi) is 6.45. The van der Waals surface area contributed by atoms with Crippen LogP contribution in [0, 0.1) is 11.8 Å². The molecular weight excluding hydrogens is 214 g/mol. The highest BCUT2D eigenvalue weighted by molar-refractivity contribution is 4.92. The Morgan fingerprint density at radius 1 is 1.35 bits per heavy atom. The van der Waals surface area contributed by atoms with Gasteiger partial charge in [-0.3, -0.25) is 0 Å². The van der Waals surface area contributed by atoms with E-state index in [9.17, 15) is 5.11 Å². The highest BCUT2D eigenvalue weighted by Gasteiger charge is 2.41. The summed E-state index contributed by atoms with van der Waals surface area (Å²) in [5, 5.41) is 10.9. The van der Waals surface area contributed by atoms with Crippen molar-refractivity contribution >= 4 is 0 Å². The van der Waals surface area contributed by atoms with Crippen LogP contribution in [-0.2, 0) is 4.74 Å². The van der Waals surface area contributed by atoms with E-state index in [4.69, 9.17) is 10.5 Å². The SMILES string of the molecule is CCC1CCCCC1C(O)(CCCN)COC. The van der Waals surface area contributed by atoms with E-state index in [0.29, 0.717) is 25.0 Å². The molecule has 0 saturated heterocycles. The van der Waals surface area contributed by atoms with Gasteiger partial charge in [0.2, 0.25) is 0 Å². The summed E-state index contributed by atoms with van der Waals surface area (Å²) in [7, 11) is 1.68. The molecular formula is C14H29NO2. The van der Waals surface area contributed by atoms with Crippen LogP contribution in [0.1, 0.15) is 51.9 Å². The zero-order valence-electron chi connectivity index (χ0n) is 11.5. The first kappa shape index (κ1) is 14.9. The third-order valence-corrected chi connectivity index (χ3v) is 4.33. The van der Waals surface area contributed by atoms with E-state index in [2.05, 4.69) is 6.92 Å². The summed E-state index contributed by atoms with van der Waals surface area (Å²) >= 11 is 0. The predicted molar refractivity (Wildman–Crippen MR) is 70.9 cm³/mol. The minimum atomic E-state index is -0.658. The maximum atomic E-state index is 10.9. The van der Waals surface area contributed by atoms with Gasteiger partial charge in [0.1, 0.15) is 0 Å². The van der Waals surface area contributed by atoms with Gasteiger partial charge >= 0.3 is 0 Å². The van der Waals surface area contributed by atoms with Gasteiger partial charge in [0.15, 0.2) is 0 Å². The Balaban J connectivity index is 2.71. The molecule has 0 radical (unpaired) electrons. The topological polar surface area (TPSA) is 55.5 Å². The molecule has 3 atom stereocenters. The molecule has 0 amide bonds. The highest BCUT2D eigenvalue weighted by Crippen LogP contribution is 2.41. The second-order valence-electron chi connectivity index (χ2n) is 5.49. The van der Waals surface area contributed by atoms with E-state index in [1.807, 2.05) is 0 Å². The number of methoxy groups -OCH3 is 1. The predicted octanol–water partition coefficient (Wildman–Crippen LogP) is 2.32. The average Bonchev–Trinajstić information content (AvgIpc) is 2.36. The molecule has 1 aliphatic rings. The molecule has 1 rings (SSSR count). The molecule has 0 aliphatic heterocycles. The van der Waals surface area contributed by atoms with Crippen LogP contribution >= 0.6 is 0 Å². The summed E-state index contributed by atoms with van der Waals surface area (Å²) in [6, 6.07) is 0. The van der Waals surface area contributed by atoms with Gasteiger partial charge in [-0.2, -0.15) is 0 Å². The van der Waals surface area contributed by atoms with Gasteiger partial charge in [-0.05, 0) is 37.6 Å². The molecule has 0 bridgehead atoms. The summed E-state index contributed by atoms with van der Waals surface area (Å²) < 4.78 is 5.26. The van der Waals surface area contributed by atoms with Gasteiger partial charge < -0.3 is 15.6 Å². The lowest BCUT2D eigenvalue weighted by molar-refractivity contribution is -0.107. The second-order valence-corrected chi connectivity index (χ2v) is 5.49. The number of hydrogen-bond donors (Lipinski definition) is 2. The summed E-state index contributed by atoms with van der Waals surface area (Å²) in [5.41, 5.74) is 4.92. The molecule has 102 valence electrons. The minimum absolute atomic E-state index is 0.396. The van der Waals surface area contributed by atoms with Gasteiger partial charge in [0.05, 0.1) is 12.2 Å². The zero-order chi connectivity index (χ0) is 12.7. The molecule has 0 aromatic heterocycles. The van der Waals surface area contributed by atoms with Gasteiger partial charge in [-0.15, -0.1) is 0 Å². The molecule has 0 aromatic carbocycles. The smallest absolute Gasteiger partial charge is 0.0911 e. The first-order valence-corrected chi connectivity index (χ1v) is 7.09. The van der Waals surface area contributed by atoms with Crippen LogP contribution in [0.5, 0.6) is 0 Å². The normalized spacial score (nSPS) is 28.9. The van der Waals surface area contributed by atoms with Crippen LogP contribution in [0.25, 0.3) is 0 Å². The van der Waals surface area contributed by atoms with Crippen molar-refractivity contribution in [2.45, 2.75) is 57.5 Å². The third kappa shape index (κ3) is 3.94. The summed E-state index contributed by atoms with van der Waals surface area (Å²) in [5.74, 6) is 1.05. The van der Waals surface area contributed by atoms with Crippen molar-refractivity contribution in [3.8, 4) is 0 Å². The van der Waals surface area contributed by atoms with Crippen molar-refractivity contribution in [2.24, 2.45) is 17.6 Å². The van der Waals surface area contributed by atoms with Crippen LogP contribution in [0.4, 0.5) is 0 Å². The van der Waals surface area contributed by atoms with Gasteiger partial charge in [0, 0.05) is 7.11 Å². The van der Waals surface area contributed by atoms with Crippen molar-refractivity contribution in [1.82, 2.24) is 0 Å². The highest BCUT2D eigenvalue weighted by atomic mass is 16.5. The molecule has 3 nitrogen and oxygen atoms in total. The largest absolute Gasteiger partial charge is 0.387 e. The molecule has 1 aliphatic carbocycles. The molecule has 0 spiro atoms. The van der Waals surface area contributed by atoms with Gasteiger partial charge in [-0.1, -0.05) is 32.6 Å². The molecule has 1 fully saturated rings. The maximum Gasteiger partial charge on any atom is 0.0911 e. The number of ether oxygens (including phenoxy) is 1.